The van der Waals surface area contributed by atoms with E-state index in [1.807, 2.05) is 6.92 Å². The zero-order valence-electron chi connectivity index (χ0n) is 4.79. The Bertz CT molecular complexity index is 298. The minimum Gasteiger partial charge on any atom is -0.177 e. The average molecular weight is 161 g/mol. The maximum atomic E-state index is 10.2. The molecule has 0 aromatic heterocycles. The highest BCUT2D eigenvalue weighted by atomic mass is 32.9. The third-order valence-corrected chi connectivity index (χ3v) is 3.51. The molecule has 4 heteroatoms. The highest BCUT2D eigenvalue weighted by Gasteiger charge is 1.97. The lowest BCUT2D eigenvalue weighted by Gasteiger charge is -1.74. The van der Waals surface area contributed by atoms with Crippen molar-refractivity contribution in [2.45, 2.75) is 6.92 Å². The number of hydrogen-bond acceptors (Lipinski definition) is 2. The molecule has 0 aliphatic carbocycles. The van der Waals surface area contributed by atoms with E-state index in [4.69, 9.17) is 0 Å². The Hall–Kier alpha value is -0.350. The molecule has 1 aliphatic rings. The van der Waals surface area contributed by atoms with Crippen molar-refractivity contribution >= 4 is 18.7 Å². The van der Waals surface area contributed by atoms with E-state index in [1.54, 1.807) is 11.5 Å². The van der Waals surface area contributed by atoms with Crippen LogP contribution in [0.2, 0.25) is 0 Å². The van der Waals surface area contributed by atoms with Gasteiger partial charge in [-0.2, -0.15) is 8.42 Å². The third kappa shape index (κ3) is 1.53. The minimum atomic E-state index is -2.00. The number of hydrogen-bond donors (Lipinski definition) is 0. The van der Waals surface area contributed by atoms with E-state index in [-0.39, 0.29) is 0 Å². The Morgan fingerprint density at radius 2 is 2.33 bits per heavy atom. The van der Waals surface area contributed by atoms with Crippen molar-refractivity contribution in [1.29, 1.82) is 0 Å². The maximum Gasteiger partial charge on any atom is 0.249 e. The Balaban J connectivity index is 3.25. The molecule has 0 saturated carbocycles. The number of allylic oxidation sites excluding steroid dienone is 2. The highest BCUT2D eigenvalue weighted by molar-refractivity contribution is 8.36. The standard InChI is InChI=1S/C5H5O2S2/c1-5-2-3-8(4-5)9(6)7/h2-3H,1H3. The van der Waals surface area contributed by atoms with Crippen LogP contribution in [0.5, 0.6) is 0 Å². The van der Waals surface area contributed by atoms with Gasteiger partial charge in [-0.1, -0.05) is 6.08 Å². The Morgan fingerprint density at radius 3 is 2.56 bits per heavy atom. The van der Waals surface area contributed by atoms with Crippen LogP contribution in [0.3, 0.4) is 0 Å². The number of rotatable bonds is 0. The fraction of sp³-hybridized carbons (Fsp3) is 0.200. The van der Waals surface area contributed by atoms with Gasteiger partial charge in [-0.05, 0) is 27.4 Å². The van der Waals surface area contributed by atoms with Gasteiger partial charge in [0, 0.05) is 5.41 Å². The van der Waals surface area contributed by atoms with Gasteiger partial charge in [0.15, 0.2) is 0 Å². The molecule has 1 rings (SSSR count). The first-order chi connectivity index (χ1) is 4.20. The molecule has 0 fully saturated rings. The van der Waals surface area contributed by atoms with E-state index in [0.717, 1.165) is 5.57 Å². The van der Waals surface area contributed by atoms with E-state index in [2.05, 4.69) is 5.41 Å². The molecule has 1 unspecified atom stereocenters. The average Bonchev–Trinajstić information content (AvgIpc) is 2.14. The summed E-state index contributed by atoms with van der Waals surface area (Å²) in [5.74, 6) is 0. The molecule has 9 heavy (non-hydrogen) atoms. The van der Waals surface area contributed by atoms with Crippen molar-refractivity contribution < 1.29 is 8.42 Å². The van der Waals surface area contributed by atoms with Crippen LogP contribution in [0.4, 0.5) is 0 Å². The summed E-state index contributed by atoms with van der Waals surface area (Å²) in [6, 6.07) is 0. The van der Waals surface area contributed by atoms with Gasteiger partial charge in [-0.3, -0.25) is 0 Å². The summed E-state index contributed by atoms with van der Waals surface area (Å²) in [5.41, 5.74) is 0.905. The quantitative estimate of drug-likeness (QED) is 0.522. The van der Waals surface area contributed by atoms with E-state index >= 15 is 0 Å². The van der Waals surface area contributed by atoms with Crippen LogP contribution < -0.4 is 0 Å². The van der Waals surface area contributed by atoms with E-state index in [1.165, 1.54) is 0 Å². The van der Waals surface area contributed by atoms with Crippen molar-refractivity contribution in [3.8, 4) is 0 Å². The van der Waals surface area contributed by atoms with Crippen molar-refractivity contribution in [2.75, 3.05) is 0 Å². The SMILES string of the molecule is CC1=[C]S(=S(=O)=O)C=C1. The van der Waals surface area contributed by atoms with Crippen LogP contribution in [0, 0.1) is 5.41 Å². The van der Waals surface area contributed by atoms with Crippen LogP contribution in [0.1, 0.15) is 6.92 Å². The molecule has 1 heterocycles. The van der Waals surface area contributed by atoms with Crippen LogP contribution in [0.15, 0.2) is 17.1 Å². The fourth-order valence-corrected chi connectivity index (χ4v) is 2.45. The topological polar surface area (TPSA) is 34.1 Å². The molecule has 1 aliphatic heterocycles. The van der Waals surface area contributed by atoms with Crippen LogP contribution >= 0.6 is 0 Å². The predicted octanol–water partition coefficient (Wildman–Crippen LogP) is 0.633. The van der Waals surface area contributed by atoms with E-state index < -0.39 is 18.7 Å². The second-order valence-corrected chi connectivity index (χ2v) is 4.96. The molecule has 0 bridgehead atoms. The first-order valence-electron chi connectivity index (χ1n) is 2.31. The molecule has 0 amide bonds. The Labute approximate surface area is 57.0 Å². The Kier molecular flexibility index (Phi) is 1.87. The zero-order chi connectivity index (χ0) is 6.85. The smallest absolute Gasteiger partial charge is 0.177 e. The fourth-order valence-electron chi connectivity index (χ4n) is 0.470. The summed E-state index contributed by atoms with van der Waals surface area (Å²) in [7, 11) is -2.76. The van der Waals surface area contributed by atoms with Crippen LogP contribution in [-0.2, 0) is 18.7 Å². The van der Waals surface area contributed by atoms with Crippen LogP contribution in [-0.4, -0.2) is 8.42 Å². The van der Waals surface area contributed by atoms with Gasteiger partial charge in [0.25, 0.3) is 0 Å². The lowest BCUT2D eigenvalue weighted by atomic mass is 10.4. The Morgan fingerprint density at radius 1 is 1.67 bits per heavy atom. The van der Waals surface area contributed by atoms with Gasteiger partial charge < -0.3 is 0 Å². The molecule has 0 aromatic rings. The summed E-state index contributed by atoms with van der Waals surface area (Å²) < 4.78 is 20.5. The van der Waals surface area contributed by atoms with Gasteiger partial charge in [0.05, 0.1) is 0 Å². The van der Waals surface area contributed by atoms with Gasteiger partial charge in [0.1, 0.15) is 0 Å². The summed E-state index contributed by atoms with van der Waals surface area (Å²) in [6.07, 6.45) is 1.76. The molecule has 1 atom stereocenters. The molecule has 0 saturated heterocycles. The normalized spacial score (nSPS) is 24.1. The molecule has 0 spiro atoms. The van der Waals surface area contributed by atoms with E-state index in [0.29, 0.717) is 0 Å². The minimum absolute atomic E-state index is 0.760. The van der Waals surface area contributed by atoms with Crippen molar-refractivity contribution in [1.82, 2.24) is 0 Å². The van der Waals surface area contributed by atoms with Gasteiger partial charge in [0.2, 0.25) is 9.26 Å². The van der Waals surface area contributed by atoms with Crippen molar-refractivity contribution in [3.63, 3.8) is 0 Å². The molecular formula is C5H5O2S2. The molecule has 49 valence electrons. The van der Waals surface area contributed by atoms with Crippen molar-refractivity contribution in [2.24, 2.45) is 0 Å². The van der Waals surface area contributed by atoms with Gasteiger partial charge >= 0.3 is 0 Å². The lowest BCUT2D eigenvalue weighted by molar-refractivity contribution is 0.628. The summed E-state index contributed by atoms with van der Waals surface area (Å²) in [4.78, 5) is 0. The van der Waals surface area contributed by atoms with Gasteiger partial charge in [-0.25, -0.2) is 0 Å². The first kappa shape index (κ1) is 6.77. The third-order valence-electron chi connectivity index (χ3n) is 0.850. The van der Waals surface area contributed by atoms with Gasteiger partial charge in [-0.15, -0.1) is 0 Å². The predicted molar refractivity (Wildman–Crippen MR) is 37.9 cm³/mol. The van der Waals surface area contributed by atoms with Crippen LogP contribution in [0.25, 0.3) is 0 Å². The maximum absolute atomic E-state index is 10.2. The van der Waals surface area contributed by atoms with E-state index in [9.17, 15) is 8.42 Å². The first-order valence-corrected chi connectivity index (χ1v) is 5.19. The molecule has 0 aromatic carbocycles. The zero-order valence-corrected chi connectivity index (χ0v) is 6.42. The van der Waals surface area contributed by atoms with Crippen molar-refractivity contribution in [3.05, 3.63) is 22.5 Å². The monoisotopic (exact) mass is 161 g/mol. The molecule has 0 N–H and O–H groups in total. The molecule has 2 nitrogen and oxygen atoms in total. The second-order valence-electron chi connectivity index (χ2n) is 1.59. The summed E-state index contributed by atoms with van der Waals surface area (Å²) >= 11 is 0. The largest absolute Gasteiger partial charge is 0.249 e. The molecule has 1 radical (unpaired) electrons. The molecular weight excluding hydrogens is 156 g/mol. The second kappa shape index (κ2) is 2.49. The lowest BCUT2D eigenvalue weighted by Crippen LogP contribution is -1.73. The summed E-state index contributed by atoms with van der Waals surface area (Å²) in [6.45, 7) is 1.83. The summed E-state index contributed by atoms with van der Waals surface area (Å²) in [5, 5.41) is 4.41. The highest BCUT2D eigenvalue weighted by Crippen LogP contribution is 2.07.